The summed E-state index contributed by atoms with van der Waals surface area (Å²) in [6.07, 6.45) is 1.56. The van der Waals surface area contributed by atoms with Crippen molar-refractivity contribution >= 4 is 5.91 Å². The van der Waals surface area contributed by atoms with E-state index in [1.54, 1.807) is 14.0 Å². The molecule has 0 aromatic heterocycles. The Morgan fingerprint density at radius 3 is 2.62 bits per heavy atom. The fraction of sp³-hybridized carbons (Fsp3) is 0.562. The molecule has 1 aromatic rings. The lowest BCUT2D eigenvalue weighted by Crippen LogP contribution is -2.49. The normalized spacial score (nSPS) is 21.1. The van der Waals surface area contributed by atoms with Crippen LogP contribution in [0.3, 0.4) is 0 Å². The Morgan fingerprint density at radius 1 is 1.38 bits per heavy atom. The van der Waals surface area contributed by atoms with E-state index in [0.717, 1.165) is 25.5 Å². The number of benzene rings is 1. The largest absolute Gasteiger partial charge is 0.400 e. The number of ether oxygens (including phenoxy) is 2. The second-order valence-electron chi connectivity index (χ2n) is 4.82. The van der Waals surface area contributed by atoms with E-state index >= 15 is 0 Å². The van der Waals surface area contributed by atoms with Crippen LogP contribution in [0.2, 0.25) is 0 Å². The van der Waals surface area contributed by atoms with Crippen LogP contribution in [-0.2, 0) is 20.8 Å². The minimum Gasteiger partial charge on any atom is -0.400 e. The Hall–Kier alpha value is -1.43. The summed E-state index contributed by atoms with van der Waals surface area (Å²) in [7, 11) is 2.63. The molecule has 1 aromatic carbocycles. The number of aliphatic hydroxyl groups is 1. The molecule has 21 heavy (non-hydrogen) atoms. The molecule has 0 saturated carbocycles. The Kier molecular flexibility index (Phi) is 7.97. The molecule has 2 unspecified atom stereocenters. The predicted octanol–water partition coefficient (Wildman–Crippen LogP) is 1.80. The first-order chi connectivity index (χ1) is 10.2. The molecule has 0 aliphatic carbocycles. The third-order valence-corrected chi connectivity index (χ3v) is 3.47. The fourth-order valence-electron chi connectivity index (χ4n) is 2.51. The van der Waals surface area contributed by atoms with Gasteiger partial charge in [-0.2, -0.15) is 0 Å². The van der Waals surface area contributed by atoms with Crippen LogP contribution < -0.4 is 0 Å². The van der Waals surface area contributed by atoms with E-state index < -0.39 is 0 Å². The van der Waals surface area contributed by atoms with E-state index in [9.17, 15) is 4.79 Å². The topological polar surface area (TPSA) is 59.0 Å². The molecule has 1 aliphatic rings. The van der Waals surface area contributed by atoms with Gasteiger partial charge in [0, 0.05) is 34.3 Å². The molecular formula is C16H25NO4. The zero-order valence-corrected chi connectivity index (χ0v) is 13.0. The lowest BCUT2D eigenvalue weighted by Gasteiger charge is -2.38. The van der Waals surface area contributed by atoms with Gasteiger partial charge in [-0.15, -0.1) is 0 Å². The van der Waals surface area contributed by atoms with E-state index in [0.29, 0.717) is 13.2 Å². The lowest BCUT2D eigenvalue weighted by atomic mass is 10.1. The summed E-state index contributed by atoms with van der Waals surface area (Å²) >= 11 is 0. The molecule has 1 amide bonds. The van der Waals surface area contributed by atoms with Crippen LogP contribution in [0.15, 0.2) is 30.3 Å². The highest BCUT2D eigenvalue weighted by atomic mass is 16.7. The molecule has 2 rings (SSSR count). The van der Waals surface area contributed by atoms with Gasteiger partial charge in [0.15, 0.2) is 6.29 Å². The molecule has 0 radical (unpaired) electrons. The maximum atomic E-state index is 11.9. The molecule has 1 aliphatic heterocycles. The first-order valence-corrected chi connectivity index (χ1v) is 7.12. The average molecular weight is 295 g/mol. The van der Waals surface area contributed by atoms with Gasteiger partial charge in [-0.1, -0.05) is 30.3 Å². The van der Waals surface area contributed by atoms with Crippen LogP contribution in [0.25, 0.3) is 0 Å². The van der Waals surface area contributed by atoms with Gasteiger partial charge < -0.3 is 19.5 Å². The number of rotatable bonds is 4. The second-order valence-corrected chi connectivity index (χ2v) is 4.82. The van der Waals surface area contributed by atoms with Crippen molar-refractivity contribution in [3.63, 3.8) is 0 Å². The zero-order valence-electron chi connectivity index (χ0n) is 13.0. The number of amides is 1. The summed E-state index contributed by atoms with van der Waals surface area (Å²) in [6, 6.07) is 10.0. The van der Waals surface area contributed by atoms with Crippen LogP contribution in [0.5, 0.6) is 0 Å². The number of carbonyl (C=O) groups excluding carboxylic acids is 1. The van der Waals surface area contributed by atoms with Crippen molar-refractivity contribution < 1.29 is 19.4 Å². The van der Waals surface area contributed by atoms with E-state index in [4.69, 9.17) is 14.6 Å². The number of hydrogen-bond acceptors (Lipinski definition) is 4. The van der Waals surface area contributed by atoms with E-state index in [-0.39, 0.29) is 18.2 Å². The summed E-state index contributed by atoms with van der Waals surface area (Å²) < 4.78 is 10.9. The van der Waals surface area contributed by atoms with Crippen LogP contribution >= 0.6 is 0 Å². The molecule has 118 valence electrons. The van der Waals surface area contributed by atoms with Crippen molar-refractivity contribution in [3.8, 4) is 0 Å². The average Bonchev–Trinajstić information content (AvgIpc) is 2.55. The highest BCUT2D eigenvalue weighted by molar-refractivity contribution is 5.73. The van der Waals surface area contributed by atoms with Crippen LogP contribution in [-0.4, -0.2) is 49.1 Å². The van der Waals surface area contributed by atoms with Crippen LogP contribution in [0.1, 0.15) is 25.3 Å². The van der Waals surface area contributed by atoms with Crippen molar-refractivity contribution in [2.45, 2.75) is 38.6 Å². The van der Waals surface area contributed by atoms with E-state index in [2.05, 4.69) is 0 Å². The van der Waals surface area contributed by atoms with Gasteiger partial charge in [0.05, 0.1) is 6.04 Å². The van der Waals surface area contributed by atoms with Crippen molar-refractivity contribution in [1.82, 2.24) is 4.90 Å². The SMILES string of the molecule is CO.COC1OCCCC1N(Cc1ccccc1)C(C)=O. The quantitative estimate of drug-likeness (QED) is 0.920. The molecule has 0 spiro atoms. The first kappa shape index (κ1) is 17.6. The summed E-state index contributed by atoms with van der Waals surface area (Å²) in [5, 5.41) is 7.00. The van der Waals surface area contributed by atoms with Gasteiger partial charge in [-0.05, 0) is 18.4 Å². The molecule has 1 fully saturated rings. The highest BCUT2D eigenvalue weighted by Crippen LogP contribution is 2.22. The molecule has 5 heteroatoms. The maximum absolute atomic E-state index is 11.9. The number of methoxy groups -OCH3 is 1. The monoisotopic (exact) mass is 295 g/mol. The van der Waals surface area contributed by atoms with Gasteiger partial charge in [0.25, 0.3) is 0 Å². The Labute approximate surface area is 126 Å². The van der Waals surface area contributed by atoms with Gasteiger partial charge in [0.1, 0.15) is 0 Å². The Balaban J connectivity index is 0.00000106. The molecule has 1 N–H and O–H groups in total. The molecule has 0 bridgehead atoms. The molecule has 2 atom stereocenters. The third kappa shape index (κ3) is 5.12. The van der Waals surface area contributed by atoms with Gasteiger partial charge in [-0.3, -0.25) is 4.79 Å². The number of nitrogens with zero attached hydrogens (tertiary/aromatic N) is 1. The third-order valence-electron chi connectivity index (χ3n) is 3.47. The minimum absolute atomic E-state index is 0.00328. The second kappa shape index (κ2) is 9.50. The van der Waals surface area contributed by atoms with E-state index in [1.165, 1.54) is 0 Å². The Morgan fingerprint density at radius 2 is 2.05 bits per heavy atom. The standard InChI is InChI=1S/C15H21NO3.CH4O/c1-12(17)16(11-13-7-4-3-5-8-13)14-9-6-10-19-15(14)18-2;1-2/h3-5,7-8,14-15H,6,9-11H2,1-2H3;2H,1H3. The van der Waals surface area contributed by atoms with Crippen molar-refractivity contribution in [2.75, 3.05) is 20.8 Å². The minimum atomic E-state index is -0.318. The van der Waals surface area contributed by atoms with Crippen molar-refractivity contribution in [1.29, 1.82) is 0 Å². The summed E-state index contributed by atoms with van der Waals surface area (Å²) in [6.45, 7) is 2.90. The van der Waals surface area contributed by atoms with Gasteiger partial charge in [-0.25, -0.2) is 0 Å². The number of aliphatic hydroxyl groups excluding tert-OH is 1. The highest BCUT2D eigenvalue weighted by Gasteiger charge is 2.32. The smallest absolute Gasteiger partial charge is 0.220 e. The van der Waals surface area contributed by atoms with Gasteiger partial charge in [0.2, 0.25) is 5.91 Å². The summed E-state index contributed by atoms with van der Waals surface area (Å²) in [5.74, 6) is 0.0569. The zero-order chi connectivity index (χ0) is 15.7. The summed E-state index contributed by atoms with van der Waals surface area (Å²) in [4.78, 5) is 13.8. The predicted molar refractivity (Wildman–Crippen MR) is 80.6 cm³/mol. The van der Waals surface area contributed by atoms with Gasteiger partial charge >= 0.3 is 0 Å². The Bertz CT molecular complexity index is 410. The number of hydrogen-bond donors (Lipinski definition) is 1. The maximum Gasteiger partial charge on any atom is 0.220 e. The van der Waals surface area contributed by atoms with E-state index in [1.807, 2.05) is 35.2 Å². The molecule has 1 saturated heterocycles. The number of carbonyl (C=O) groups is 1. The molecular weight excluding hydrogens is 270 g/mol. The van der Waals surface area contributed by atoms with Crippen LogP contribution in [0.4, 0.5) is 0 Å². The van der Waals surface area contributed by atoms with Crippen LogP contribution in [0, 0.1) is 0 Å². The summed E-state index contributed by atoms with van der Waals surface area (Å²) in [5.41, 5.74) is 1.12. The lowest BCUT2D eigenvalue weighted by molar-refractivity contribution is -0.190. The van der Waals surface area contributed by atoms with Crippen molar-refractivity contribution in [3.05, 3.63) is 35.9 Å². The molecule has 1 heterocycles. The molecule has 5 nitrogen and oxygen atoms in total. The first-order valence-electron chi connectivity index (χ1n) is 7.12. The van der Waals surface area contributed by atoms with Crippen molar-refractivity contribution in [2.24, 2.45) is 0 Å². The fourth-order valence-corrected chi connectivity index (χ4v) is 2.51.